The number of esters is 1. The molecular weight excluding hydrogens is 1060 g/mol. The number of likely N-dealkylation sites (N-methyl/N-ethyl adjacent to an activating group) is 2. The van der Waals surface area contributed by atoms with Gasteiger partial charge in [0.05, 0.1) is 47.2 Å². The molecular formula is C53H84FIN6O12. The van der Waals surface area contributed by atoms with E-state index in [1.807, 2.05) is 73.6 Å². The molecule has 412 valence electrons. The van der Waals surface area contributed by atoms with E-state index in [-0.39, 0.29) is 30.9 Å². The molecule has 7 rings (SSSR count). The molecule has 1 aromatic carbocycles. The minimum absolute atomic E-state index is 0.0108. The van der Waals surface area contributed by atoms with E-state index in [2.05, 4.69) is 52.7 Å². The van der Waals surface area contributed by atoms with Crippen molar-refractivity contribution in [3.8, 4) is 0 Å². The number of halogens is 2. The molecule has 19 atom stereocenters. The lowest BCUT2D eigenvalue weighted by atomic mass is 9.81. The van der Waals surface area contributed by atoms with E-state index in [0.29, 0.717) is 38.0 Å². The van der Waals surface area contributed by atoms with E-state index in [1.54, 1.807) is 32.6 Å². The first kappa shape index (κ1) is 58.4. The molecule has 18 nitrogen and oxygen atoms in total. The Kier molecular flexibility index (Phi) is 19.7. The minimum Gasteiger partial charge on any atom is -0.448 e. The van der Waals surface area contributed by atoms with Crippen LogP contribution in [0.2, 0.25) is 0 Å². The number of benzene rings is 1. The number of nitrogens with one attached hydrogen (secondary N) is 1. The summed E-state index contributed by atoms with van der Waals surface area (Å²) in [5.74, 6) is -1.58. The first-order valence-electron chi connectivity index (χ1n) is 26.2. The lowest BCUT2D eigenvalue weighted by molar-refractivity contribution is -0.370. The Morgan fingerprint density at radius 1 is 1.03 bits per heavy atom. The third-order valence-corrected chi connectivity index (χ3v) is 18.1. The summed E-state index contributed by atoms with van der Waals surface area (Å²) in [6.07, 6.45) is -0.330. The van der Waals surface area contributed by atoms with Crippen molar-refractivity contribution in [1.82, 2.24) is 30.1 Å². The van der Waals surface area contributed by atoms with Gasteiger partial charge in [-0.1, -0.05) is 42.5 Å². The van der Waals surface area contributed by atoms with Crippen molar-refractivity contribution in [3.63, 3.8) is 0 Å². The molecule has 0 bridgehead atoms. The third-order valence-electron chi connectivity index (χ3n) is 16.6. The van der Waals surface area contributed by atoms with E-state index >= 15 is 0 Å². The number of carbonyl (C=O) groups excluding carboxylic acids is 1. The predicted octanol–water partition coefficient (Wildman–Crippen LogP) is 5.16. The van der Waals surface area contributed by atoms with Crippen LogP contribution in [-0.2, 0) is 49.1 Å². The molecule has 0 radical (unpaired) electrons. The monoisotopic (exact) mass is 1140 g/mol. The molecule has 0 aliphatic carbocycles. The highest BCUT2D eigenvalue weighted by Gasteiger charge is 2.56. The number of aliphatic hydroxyl groups is 3. The molecule has 4 saturated heterocycles. The van der Waals surface area contributed by atoms with Crippen LogP contribution >= 0.6 is 22.6 Å². The van der Waals surface area contributed by atoms with E-state index < -0.39 is 107 Å². The van der Waals surface area contributed by atoms with Crippen molar-refractivity contribution in [2.45, 2.75) is 194 Å². The van der Waals surface area contributed by atoms with Gasteiger partial charge >= 0.3 is 5.97 Å². The molecule has 4 N–H and O–H groups in total. The van der Waals surface area contributed by atoms with Gasteiger partial charge in [0.25, 0.3) is 0 Å². The summed E-state index contributed by atoms with van der Waals surface area (Å²) >= 11 is 1.87. The van der Waals surface area contributed by atoms with Gasteiger partial charge < -0.3 is 68.3 Å². The van der Waals surface area contributed by atoms with E-state index in [1.165, 1.54) is 19.6 Å². The maximum Gasteiger partial charge on any atom is 0.312 e. The van der Waals surface area contributed by atoms with Crippen LogP contribution in [0.5, 0.6) is 0 Å². The number of nitrogens with zero attached hydrogens (tertiary/aromatic N) is 5. The Balaban J connectivity index is 1.12. The average molecular weight is 1140 g/mol. The topological polar surface area (TPSA) is 201 Å². The van der Waals surface area contributed by atoms with Crippen molar-refractivity contribution >= 4 is 34.1 Å². The molecule has 0 saturated carbocycles. The molecule has 5 aliphatic heterocycles. The van der Waals surface area contributed by atoms with Gasteiger partial charge in [0.1, 0.15) is 42.7 Å². The number of fused-ring (bicyclic) bond motifs is 2. The summed E-state index contributed by atoms with van der Waals surface area (Å²) in [7, 11) is 7.09. The zero-order valence-electron chi connectivity index (χ0n) is 45.0. The Morgan fingerprint density at radius 2 is 1.75 bits per heavy atom. The fourth-order valence-corrected chi connectivity index (χ4v) is 12.2. The number of rotatable bonds is 13. The van der Waals surface area contributed by atoms with Crippen molar-refractivity contribution < 1.29 is 62.4 Å². The Bertz CT molecular complexity index is 2140. The standard InChI is InChI=1S/C53H84FIN6O12/c1-30-25-51(6)42(24-41(70-43-26-52(7,67-12)47(63)34(5)69-43)32(3)48(64)72-50(55)53(8,65)46(62)33(4)60(10)28-30)71-49-45(73-51)39(23-31(2)68-49)59(9)22-19-38-29-61(58-57-38)40(27-54)44(66-11)37-15-13-35(14-16-37)36-17-20-56-21-18-36/h13-17,29-34,39-47,49-50,56,62-63,65H,18-28H2,1-12H3/t30-,31-,32-,33-,34+,39+,40-,41+,42-,43?,44-,45-,46-,47+,49+,50+,51-,52-,53+/m1/s1. The number of aliphatic hydroxyl groups excluding tert-OH is 2. The van der Waals surface area contributed by atoms with Crippen molar-refractivity contribution in [2.75, 3.05) is 61.2 Å². The molecule has 4 fully saturated rings. The minimum atomic E-state index is -1.81. The average Bonchev–Trinajstić information content (AvgIpc) is 3.84. The predicted molar refractivity (Wildman–Crippen MR) is 279 cm³/mol. The summed E-state index contributed by atoms with van der Waals surface area (Å²) in [5.41, 5.74) is 0.258. The molecule has 1 aromatic heterocycles. The largest absolute Gasteiger partial charge is 0.448 e. The second-order valence-corrected chi connectivity index (χ2v) is 23.4. The number of hydrogen-bond acceptors (Lipinski definition) is 17. The molecule has 6 heterocycles. The molecule has 73 heavy (non-hydrogen) atoms. The van der Waals surface area contributed by atoms with Crippen LogP contribution in [0.4, 0.5) is 4.39 Å². The summed E-state index contributed by atoms with van der Waals surface area (Å²) in [5, 5.41) is 46.7. The molecule has 20 heteroatoms. The van der Waals surface area contributed by atoms with Gasteiger partial charge in [-0.3, -0.25) is 4.79 Å². The van der Waals surface area contributed by atoms with Gasteiger partial charge in [0.15, 0.2) is 16.7 Å². The Hall–Kier alpha value is -2.29. The second kappa shape index (κ2) is 24.6. The Labute approximate surface area is 445 Å². The van der Waals surface area contributed by atoms with Crippen molar-refractivity contribution in [2.24, 2.45) is 11.8 Å². The highest BCUT2D eigenvalue weighted by atomic mass is 127. The Morgan fingerprint density at radius 3 is 2.41 bits per heavy atom. The van der Waals surface area contributed by atoms with E-state index in [0.717, 1.165) is 30.6 Å². The van der Waals surface area contributed by atoms with Crippen LogP contribution in [-0.4, -0.2) is 196 Å². The smallest absolute Gasteiger partial charge is 0.312 e. The lowest BCUT2D eigenvalue weighted by Crippen LogP contribution is -2.66. The van der Waals surface area contributed by atoms with Crippen molar-refractivity contribution in [1.29, 1.82) is 0 Å². The fourth-order valence-electron chi connectivity index (χ4n) is 11.6. The van der Waals surface area contributed by atoms with Crippen molar-refractivity contribution in [3.05, 3.63) is 53.4 Å². The molecule has 0 amide bonds. The molecule has 1 unspecified atom stereocenters. The van der Waals surface area contributed by atoms with Crippen LogP contribution in [0.15, 0.2) is 36.5 Å². The van der Waals surface area contributed by atoms with Gasteiger partial charge in [-0.25, -0.2) is 9.07 Å². The zero-order valence-corrected chi connectivity index (χ0v) is 47.1. The van der Waals surface area contributed by atoms with Gasteiger partial charge in [-0.15, -0.1) is 5.10 Å². The first-order chi connectivity index (χ1) is 34.5. The normalized spacial score (nSPS) is 40.4. The third kappa shape index (κ3) is 13.2. The van der Waals surface area contributed by atoms with E-state index in [4.69, 9.17) is 37.9 Å². The number of ether oxygens (including phenoxy) is 8. The highest BCUT2D eigenvalue weighted by molar-refractivity contribution is 14.1. The van der Waals surface area contributed by atoms with Gasteiger partial charge in [0.2, 0.25) is 0 Å². The summed E-state index contributed by atoms with van der Waals surface area (Å²) in [6.45, 7) is 17.0. The van der Waals surface area contributed by atoms with Crippen LogP contribution in [0, 0.1) is 11.8 Å². The zero-order chi connectivity index (χ0) is 53.2. The SMILES string of the molecule is CO[C@H](c1ccc(C2=CCNCC2)cc1)[C@@H](CF)n1cc(CCN(C)[C@H]2C[C@@H](C)O[C@H]3O[C@@H]4C[C@H](OC5C[C@@](C)(OC)[C@@H](O)[C@H](C)O5)[C@@H](C)C(=O)O[C@H](I)[C@@](C)(O)[C@H](O)[C@@H](C)N(C)C[C@H](C)C[C@@]4(C)O[C@@H]32)nn1. The van der Waals surface area contributed by atoms with Crippen LogP contribution in [0.1, 0.15) is 116 Å². The van der Waals surface area contributed by atoms with Gasteiger partial charge in [0, 0.05) is 71.4 Å². The fraction of sp³-hybridized carbons (Fsp3) is 0.792. The molecule has 0 spiro atoms. The number of aromatic nitrogens is 3. The number of hydrogen-bond donors (Lipinski definition) is 4. The van der Waals surface area contributed by atoms with E-state index in [9.17, 15) is 24.5 Å². The maximum absolute atomic E-state index is 15.0. The number of alkyl halides is 2. The molecule has 5 aliphatic rings. The molecule has 2 aromatic rings. The second-order valence-electron chi connectivity index (χ2n) is 22.3. The highest BCUT2D eigenvalue weighted by Crippen LogP contribution is 2.44. The number of cyclic esters (lactones) is 1. The quantitative estimate of drug-likeness (QED) is 0.116. The number of carbonyl (C=O) groups is 1. The van der Waals surface area contributed by atoms with Gasteiger partial charge in [-0.05, 0) is 134 Å². The summed E-state index contributed by atoms with van der Waals surface area (Å²) in [6, 6.07) is 6.78. The van der Waals surface area contributed by atoms with Crippen LogP contribution < -0.4 is 5.32 Å². The lowest BCUT2D eigenvalue weighted by Gasteiger charge is -2.55. The number of methoxy groups -OCH3 is 2. The summed E-state index contributed by atoms with van der Waals surface area (Å²) in [4.78, 5) is 18.5. The van der Waals surface area contributed by atoms with Crippen LogP contribution in [0.3, 0.4) is 0 Å². The summed E-state index contributed by atoms with van der Waals surface area (Å²) < 4.78 is 67.3. The van der Waals surface area contributed by atoms with Crippen LogP contribution in [0.25, 0.3) is 5.57 Å². The first-order valence-corrected chi connectivity index (χ1v) is 27.4. The maximum atomic E-state index is 15.0. The van der Waals surface area contributed by atoms with Gasteiger partial charge in [-0.2, -0.15) is 0 Å².